The summed E-state index contributed by atoms with van der Waals surface area (Å²) in [6, 6.07) is 7.94. The van der Waals surface area contributed by atoms with Gasteiger partial charge in [0.05, 0.1) is 18.2 Å². The number of carbonyl (C=O) groups excluding carboxylic acids is 2. The van der Waals surface area contributed by atoms with Gasteiger partial charge in [0, 0.05) is 25.2 Å². The van der Waals surface area contributed by atoms with Crippen molar-refractivity contribution in [2.24, 2.45) is 0 Å². The van der Waals surface area contributed by atoms with Gasteiger partial charge in [-0.1, -0.05) is 82.7 Å². The average molecular weight is 599 g/mol. The van der Waals surface area contributed by atoms with Crippen LogP contribution < -0.4 is 5.32 Å². The van der Waals surface area contributed by atoms with Gasteiger partial charge in [-0.15, -0.1) is 0 Å². The van der Waals surface area contributed by atoms with E-state index in [1.165, 1.54) is 68.4 Å². The number of imide groups is 1. The van der Waals surface area contributed by atoms with Gasteiger partial charge in [-0.2, -0.15) is 5.26 Å². The summed E-state index contributed by atoms with van der Waals surface area (Å²) in [5.74, 6) is -1.60. The molecule has 2 aliphatic heterocycles. The van der Waals surface area contributed by atoms with Gasteiger partial charge in [-0.25, -0.2) is 23.3 Å². The normalized spacial score (nSPS) is 20.5. The van der Waals surface area contributed by atoms with E-state index in [0.717, 1.165) is 42.7 Å². The molecule has 43 heavy (non-hydrogen) atoms. The minimum Gasteiger partial charge on any atom is -0.447 e. The van der Waals surface area contributed by atoms with E-state index in [4.69, 9.17) is 10.00 Å². The molecule has 0 bridgehead atoms. The van der Waals surface area contributed by atoms with Crippen LogP contribution in [-0.2, 0) is 4.74 Å². The number of ether oxygens (including phenoxy) is 1. The molecule has 1 atom stereocenters. The number of hydrogen-bond donors (Lipinski definition) is 1. The molecule has 7 nitrogen and oxygen atoms in total. The quantitative estimate of drug-likeness (QED) is 0.372. The van der Waals surface area contributed by atoms with Crippen LogP contribution in [0.25, 0.3) is 0 Å². The number of halogens is 2. The Morgan fingerprint density at radius 1 is 0.977 bits per heavy atom. The molecule has 3 fully saturated rings. The summed E-state index contributed by atoms with van der Waals surface area (Å²) in [4.78, 5) is 26.9. The van der Waals surface area contributed by atoms with Gasteiger partial charge >= 0.3 is 12.1 Å². The van der Waals surface area contributed by atoms with Crippen molar-refractivity contribution in [1.82, 2.24) is 15.1 Å². The van der Waals surface area contributed by atoms with E-state index in [2.05, 4.69) is 17.5 Å². The number of amides is 3. The zero-order valence-corrected chi connectivity index (χ0v) is 26.0. The molecule has 0 aromatic heterocycles. The molecular weight excluding hydrogens is 550 g/mol. The Kier molecular flexibility index (Phi) is 16.9. The molecule has 4 aliphatic rings. The molecule has 5 rings (SSSR count). The largest absolute Gasteiger partial charge is 0.447 e. The lowest BCUT2D eigenvalue weighted by Gasteiger charge is -2.24. The van der Waals surface area contributed by atoms with Crippen LogP contribution in [0.5, 0.6) is 0 Å². The van der Waals surface area contributed by atoms with E-state index in [0.29, 0.717) is 31.8 Å². The molecule has 0 spiro atoms. The third-order valence-corrected chi connectivity index (χ3v) is 7.61. The van der Waals surface area contributed by atoms with Gasteiger partial charge in [0.15, 0.2) is 11.6 Å². The molecule has 0 unspecified atom stereocenters. The average Bonchev–Trinajstić information content (AvgIpc) is 3.64. The molecule has 1 N–H and O–H groups in total. The maximum atomic E-state index is 12.4. The van der Waals surface area contributed by atoms with Crippen LogP contribution in [0.2, 0.25) is 0 Å². The lowest BCUT2D eigenvalue weighted by Crippen LogP contribution is -2.45. The second-order valence-corrected chi connectivity index (χ2v) is 10.7. The smallest absolute Gasteiger partial charge is 0.418 e. The summed E-state index contributed by atoms with van der Waals surface area (Å²) in [5.41, 5.74) is 1.85. The first-order valence-corrected chi connectivity index (χ1v) is 15.7. The Balaban J connectivity index is 0.000000265. The van der Waals surface area contributed by atoms with E-state index in [1.807, 2.05) is 39.0 Å². The van der Waals surface area contributed by atoms with Crippen LogP contribution >= 0.6 is 0 Å². The van der Waals surface area contributed by atoms with Crippen LogP contribution in [0.3, 0.4) is 0 Å². The topological polar surface area (TPSA) is 85.7 Å². The number of allylic oxidation sites excluding steroid dienone is 6. The van der Waals surface area contributed by atoms with E-state index in [1.54, 1.807) is 4.90 Å². The first-order chi connectivity index (χ1) is 20.9. The highest BCUT2D eigenvalue weighted by molar-refractivity contribution is 5.92. The second-order valence-electron chi connectivity index (χ2n) is 10.7. The third kappa shape index (κ3) is 12.7. The van der Waals surface area contributed by atoms with Gasteiger partial charge in [0.1, 0.15) is 6.61 Å². The Bertz CT molecular complexity index is 1110. The Labute approximate surface area is 256 Å². The zero-order chi connectivity index (χ0) is 31.5. The first kappa shape index (κ1) is 35.7. The van der Waals surface area contributed by atoms with Crippen molar-refractivity contribution in [3.05, 3.63) is 71.4 Å². The van der Waals surface area contributed by atoms with E-state index in [-0.39, 0.29) is 6.03 Å². The summed E-state index contributed by atoms with van der Waals surface area (Å²) in [6.45, 7) is 8.10. The predicted octanol–water partition coefficient (Wildman–Crippen LogP) is 8.06. The molecule has 236 valence electrons. The molecular formula is C34H48F2N4O3. The van der Waals surface area contributed by atoms with Crippen molar-refractivity contribution in [1.29, 1.82) is 5.26 Å². The fourth-order valence-electron chi connectivity index (χ4n) is 5.23. The van der Waals surface area contributed by atoms with Gasteiger partial charge in [-0.05, 0) is 56.4 Å². The highest BCUT2D eigenvalue weighted by atomic mass is 19.2. The van der Waals surface area contributed by atoms with Crippen LogP contribution in [0.15, 0.2) is 59.7 Å². The van der Waals surface area contributed by atoms with E-state index in [9.17, 15) is 18.4 Å². The van der Waals surface area contributed by atoms with Crippen LogP contribution in [-0.4, -0.2) is 60.2 Å². The molecule has 3 amide bonds. The van der Waals surface area contributed by atoms with Gasteiger partial charge < -0.3 is 15.0 Å². The fourth-order valence-corrected chi connectivity index (χ4v) is 5.23. The number of nitrogens with one attached hydrogen (secondary N) is 1. The van der Waals surface area contributed by atoms with Crippen molar-refractivity contribution in [3.63, 3.8) is 0 Å². The van der Waals surface area contributed by atoms with Gasteiger partial charge in [0.2, 0.25) is 0 Å². The molecule has 0 radical (unpaired) electrons. The fraction of sp³-hybridized carbons (Fsp3) is 0.559. The molecule has 1 aromatic rings. The maximum Gasteiger partial charge on any atom is 0.418 e. The Morgan fingerprint density at radius 3 is 2.16 bits per heavy atom. The van der Waals surface area contributed by atoms with Crippen LogP contribution in [0, 0.1) is 23.0 Å². The standard InChI is InChI=1S/C17H29N3O3.C9H9N.C6H4F2.C2H6/c21-16(20-11-12-23-17(20)22)19-10-9-15(13-19)18-14-7-5-3-1-2-4-6-8-14;1-8-5-3-2-4-6-9(8)7-10;7-5-3-1-2-4-6(5)8;1-2/h14-15,18H,1-13H2;2,4-6H,3H2,1H3;1-4H;1-2H3/t15-;;;/m0.../s1. The third-order valence-electron chi connectivity index (χ3n) is 7.61. The number of urea groups is 1. The number of nitrogens with zero attached hydrogens (tertiary/aromatic N) is 3. The summed E-state index contributed by atoms with van der Waals surface area (Å²) in [7, 11) is 0. The number of nitriles is 1. The van der Waals surface area contributed by atoms with Crippen molar-refractivity contribution >= 4 is 12.1 Å². The number of hydrogen-bond acceptors (Lipinski definition) is 5. The SMILES string of the molecule is CC.CC1=CCC=CC=C1C#N.Fc1ccccc1F.O=C1OCCN1C(=O)N1CC[C@H](NC2CCCCCCCC2)C1. The summed E-state index contributed by atoms with van der Waals surface area (Å²) >= 11 is 0. The molecule has 2 heterocycles. The van der Waals surface area contributed by atoms with E-state index >= 15 is 0 Å². The first-order valence-electron chi connectivity index (χ1n) is 15.7. The minimum atomic E-state index is -0.799. The van der Waals surface area contributed by atoms with Crippen molar-refractivity contribution in [3.8, 4) is 6.07 Å². The van der Waals surface area contributed by atoms with Crippen LogP contribution in [0.1, 0.15) is 85.0 Å². The molecule has 2 saturated heterocycles. The van der Waals surface area contributed by atoms with Crippen LogP contribution in [0.4, 0.5) is 18.4 Å². The number of cyclic esters (lactones) is 1. The lowest BCUT2D eigenvalue weighted by atomic mass is 10.0. The number of rotatable bonds is 2. The Hall–Kier alpha value is -3.51. The van der Waals surface area contributed by atoms with Crippen molar-refractivity contribution < 1.29 is 23.1 Å². The maximum absolute atomic E-state index is 12.4. The van der Waals surface area contributed by atoms with Gasteiger partial charge in [0.25, 0.3) is 0 Å². The molecule has 1 aromatic carbocycles. The summed E-state index contributed by atoms with van der Waals surface area (Å²) in [5, 5.41) is 12.4. The molecule has 1 saturated carbocycles. The molecule has 9 heteroatoms. The zero-order valence-electron chi connectivity index (χ0n) is 26.0. The molecule has 2 aliphatic carbocycles. The van der Waals surface area contributed by atoms with Gasteiger partial charge in [-0.3, -0.25) is 0 Å². The van der Waals surface area contributed by atoms with Crippen molar-refractivity contribution in [2.45, 2.75) is 97.1 Å². The highest BCUT2D eigenvalue weighted by Crippen LogP contribution is 2.20. The number of benzene rings is 1. The number of carbonyl (C=O) groups is 2. The summed E-state index contributed by atoms with van der Waals surface area (Å²) in [6.07, 6.45) is 19.9. The minimum absolute atomic E-state index is 0.189. The highest BCUT2D eigenvalue weighted by Gasteiger charge is 2.35. The Morgan fingerprint density at radius 2 is 1.60 bits per heavy atom. The second kappa shape index (κ2) is 20.4. The monoisotopic (exact) mass is 598 g/mol. The lowest BCUT2D eigenvalue weighted by molar-refractivity contribution is 0.147. The van der Waals surface area contributed by atoms with E-state index < -0.39 is 17.7 Å². The summed E-state index contributed by atoms with van der Waals surface area (Å²) < 4.78 is 28.7. The predicted molar refractivity (Wildman–Crippen MR) is 166 cm³/mol. The number of likely N-dealkylation sites (tertiary alicyclic amines) is 1. The van der Waals surface area contributed by atoms with Crippen molar-refractivity contribution in [2.75, 3.05) is 26.2 Å².